The molecule has 1 aromatic heterocycles. The van der Waals surface area contributed by atoms with Crippen molar-refractivity contribution in [3.05, 3.63) is 81.9 Å². The number of likely N-dealkylation sites (N-methyl/N-ethyl adjacent to an activating group) is 1. The highest BCUT2D eigenvalue weighted by Gasteiger charge is 2.35. The van der Waals surface area contributed by atoms with Gasteiger partial charge < -0.3 is 4.90 Å². The molecule has 0 radical (unpaired) electrons. The van der Waals surface area contributed by atoms with Crippen LogP contribution in [0.15, 0.2) is 65.1 Å². The second kappa shape index (κ2) is 9.07. The number of aromatic nitrogens is 2. The van der Waals surface area contributed by atoms with Crippen LogP contribution in [0.25, 0.3) is 16.5 Å². The first kappa shape index (κ1) is 23.1. The van der Waals surface area contributed by atoms with Gasteiger partial charge in [-0.3, -0.25) is 9.89 Å². The van der Waals surface area contributed by atoms with Crippen LogP contribution in [0.4, 0.5) is 13.2 Å². The number of alkyl halides is 3. The zero-order chi connectivity index (χ0) is 23.8. The number of aliphatic imine (C=N–C) groups is 1. The van der Waals surface area contributed by atoms with E-state index in [4.69, 9.17) is 11.6 Å². The van der Waals surface area contributed by atoms with E-state index in [0.717, 1.165) is 28.7 Å². The lowest BCUT2D eigenvalue weighted by molar-refractivity contribution is -0.138. The van der Waals surface area contributed by atoms with Crippen LogP contribution in [0.2, 0.25) is 5.02 Å². The number of hydrogen-bond acceptors (Lipinski definition) is 4. The highest BCUT2D eigenvalue weighted by Crippen LogP contribution is 2.40. The van der Waals surface area contributed by atoms with Gasteiger partial charge in [0.25, 0.3) is 5.91 Å². The van der Waals surface area contributed by atoms with E-state index in [9.17, 15) is 18.0 Å². The number of carbonyl (C=O) groups excluding carboxylic acids is 1. The molecule has 1 aliphatic rings. The number of carbonyl (C=O) groups is 1. The fourth-order valence-corrected chi connectivity index (χ4v) is 4.68. The molecule has 1 aliphatic heterocycles. The van der Waals surface area contributed by atoms with Crippen LogP contribution in [0.1, 0.15) is 16.7 Å². The molecule has 0 aliphatic carbocycles. The van der Waals surface area contributed by atoms with Crippen LogP contribution >= 0.6 is 23.4 Å². The van der Waals surface area contributed by atoms with Gasteiger partial charge in [-0.1, -0.05) is 29.8 Å². The topological polar surface area (TPSA) is 61.4 Å². The second-order valence-electron chi connectivity index (χ2n) is 7.43. The lowest BCUT2D eigenvalue weighted by atomic mass is 9.93. The summed E-state index contributed by atoms with van der Waals surface area (Å²) in [6, 6.07) is 8.99. The lowest BCUT2D eigenvalue weighted by Gasteiger charge is -2.17. The summed E-state index contributed by atoms with van der Waals surface area (Å²) < 4.78 is 41.3. The van der Waals surface area contributed by atoms with E-state index in [1.165, 1.54) is 12.1 Å². The molecule has 0 saturated heterocycles. The van der Waals surface area contributed by atoms with Crippen molar-refractivity contribution < 1.29 is 18.0 Å². The Morgan fingerprint density at radius 1 is 1.27 bits per heavy atom. The van der Waals surface area contributed by atoms with E-state index >= 15 is 0 Å². The number of H-pyrrole nitrogens is 1. The maximum Gasteiger partial charge on any atom is 0.416 e. The molecular weight excluding hydrogens is 473 g/mol. The first-order valence-corrected chi connectivity index (χ1v) is 11.0. The number of rotatable bonds is 5. The fraction of sp³-hybridized carbons (Fsp3) is 0.174. The van der Waals surface area contributed by atoms with Crippen LogP contribution in [-0.4, -0.2) is 39.8 Å². The lowest BCUT2D eigenvalue weighted by Crippen LogP contribution is -2.22. The molecule has 2 aromatic carbocycles. The average molecular weight is 491 g/mol. The Kier molecular flexibility index (Phi) is 6.36. The summed E-state index contributed by atoms with van der Waals surface area (Å²) in [5.41, 5.74) is 1.02. The molecule has 4 rings (SSSR count). The second-order valence-corrected chi connectivity index (χ2v) is 8.84. The third kappa shape index (κ3) is 4.84. The molecule has 0 unspecified atom stereocenters. The van der Waals surface area contributed by atoms with Gasteiger partial charge in [-0.25, -0.2) is 0 Å². The number of hydrogen-bond donors (Lipinski definition) is 1. The number of allylic oxidation sites excluding steroid dienone is 1. The zero-order valence-corrected chi connectivity index (χ0v) is 19.0. The number of halogens is 4. The highest BCUT2D eigenvalue weighted by molar-refractivity contribution is 8.18. The molecule has 0 atom stereocenters. The van der Waals surface area contributed by atoms with Gasteiger partial charge >= 0.3 is 6.18 Å². The standard InChI is InChI=1S/C23H18ClF3N4OS/c1-3-8-31(2)22-29-21(32)20(33-22)17(13-5-7-19-15(9-13)12-28-30-19)10-14-4-6-16(24)11-18(14)23(25,26)27/h3-7,9,11-12H,1,8,10H2,2H3,(H,28,30). The van der Waals surface area contributed by atoms with Gasteiger partial charge in [-0.05, 0) is 59.1 Å². The summed E-state index contributed by atoms with van der Waals surface area (Å²) in [6.45, 7) is 4.15. The fourth-order valence-electron chi connectivity index (χ4n) is 3.52. The number of aromatic amines is 1. The molecule has 0 spiro atoms. The molecule has 5 nitrogen and oxygen atoms in total. The number of amidine groups is 1. The summed E-state index contributed by atoms with van der Waals surface area (Å²) in [5, 5.41) is 8.07. The molecule has 170 valence electrons. The van der Waals surface area contributed by atoms with Gasteiger partial charge in [-0.15, -0.1) is 6.58 Å². The molecule has 1 amide bonds. The Morgan fingerprint density at radius 3 is 2.79 bits per heavy atom. The number of amides is 1. The van der Waals surface area contributed by atoms with Gasteiger partial charge in [0.2, 0.25) is 0 Å². The molecule has 10 heteroatoms. The third-order valence-electron chi connectivity index (χ3n) is 5.12. The minimum absolute atomic E-state index is 0.0110. The van der Waals surface area contributed by atoms with Gasteiger partial charge in [-0.2, -0.15) is 23.3 Å². The highest BCUT2D eigenvalue weighted by atomic mass is 35.5. The largest absolute Gasteiger partial charge is 0.416 e. The van der Waals surface area contributed by atoms with Gasteiger partial charge in [0.05, 0.1) is 22.2 Å². The first-order valence-electron chi connectivity index (χ1n) is 9.82. The van der Waals surface area contributed by atoms with Crippen LogP contribution < -0.4 is 0 Å². The Bertz CT molecular complexity index is 1310. The summed E-state index contributed by atoms with van der Waals surface area (Å²) >= 11 is 6.99. The van der Waals surface area contributed by atoms with Crippen molar-refractivity contribution in [2.45, 2.75) is 12.6 Å². The SMILES string of the molecule is C=CCN(C)C1=NC(=O)C(=C(Cc2ccc(Cl)cc2C(F)(F)F)c2ccc3[nH]ncc3c2)S1. The zero-order valence-electron chi connectivity index (χ0n) is 17.4. The van der Waals surface area contributed by atoms with Crippen molar-refractivity contribution in [2.24, 2.45) is 4.99 Å². The number of nitrogens with one attached hydrogen (secondary N) is 1. The van der Waals surface area contributed by atoms with Crippen molar-refractivity contribution in [2.75, 3.05) is 13.6 Å². The van der Waals surface area contributed by atoms with Crippen molar-refractivity contribution >= 4 is 50.9 Å². The molecule has 0 bridgehead atoms. The quantitative estimate of drug-likeness (QED) is 0.355. The van der Waals surface area contributed by atoms with Crippen LogP contribution in [-0.2, 0) is 17.4 Å². The van der Waals surface area contributed by atoms with E-state index in [1.54, 1.807) is 42.4 Å². The third-order valence-corrected chi connectivity index (χ3v) is 6.57. The van der Waals surface area contributed by atoms with Gasteiger partial charge in [0.15, 0.2) is 5.17 Å². The first-order chi connectivity index (χ1) is 15.7. The molecule has 33 heavy (non-hydrogen) atoms. The van der Waals surface area contributed by atoms with Crippen LogP contribution in [0.3, 0.4) is 0 Å². The summed E-state index contributed by atoms with van der Waals surface area (Å²) in [7, 11) is 1.77. The van der Waals surface area contributed by atoms with Crippen LogP contribution in [0.5, 0.6) is 0 Å². The molecule has 0 fully saturated rings. The monoisotopic (exact) mass is 490 g/mol. The number of thioether (sulfide) groups is 1. The predicted octanol–water partition coefficient (Wildman–Crippen LogP) is 5.94. The normalized spacial score (nSPS) is 15.7. The Hall–Kier alpha value is -3.04. The Balaban J connectivity index is 1.84. The minimum Gasteiger partial charge on any atom is -0.350 e. The average Bonchev–Trinajstić information content (AvgIpc) is 3.38. The van der Waals surface area contributed by atoms with E-state index in [1.807, 2.05) is 0 Å². The maximum absolute atomic E-state index is 13.8. The molecule has 1 N–H and O–H groups in total. The Morgan fingerprint density at radius 2 is 2.06 bits per heavy atom. The van der Waals surface area contributed by atoms with Crippen LogP contribution in [0, 0.1) is 0 Å². The minimum atomic E-state index is -4.59. The molecule has 2 heterocycles. The molecule has 0 saturated carbocycles. The van der Waals surface area contributed by atoms with Crippen molar-refractivity contribution in [3.63, 3.8) is 0 Å². The molecule has 3 aromatic rings. The van der Waals surface area contributed by atoms with Gasteiger partial charge in [0.1, 0.15) is 0 Å². The maximum atomic E-state index is 13.8. The Labute approximate surface area is 197 Å². The number of benzene rings is 2. The summed E-state index contributed by atoms with van der Waals surface area (Å²) in [4.78, 5) is 19.0. The molecular formula is C23H18ClF3N4OS. The summed E-state index contributed by atoms with van der Waals surface area (Å²) in [5.74, 6) is -0.490. The number of nitrogens with zero attached hydrogens (tertiary/aromatic N) is 3. The van der Waals surface area contributed by atoms with Crippen molar-refractivity contribution in [1.82, 2.24) is 15.1 Å². The van der Waals surface area contributed by atoms with Crippen molar-refractivity contribution in [1.29, 1.82) is 0 Å². The van der Waals surface area contributed by atoms with E-state index < -0.39 is 17.6 Å². The smallest absolute Gasteiger partial charge is 0.350 e. The van der Waals surface area contributed by atoms with Crippen molar-refractivity contribution in [3.8, 4) is 0 Å². The number of fused-ring (bicyclic) bond motifs is 1. The van der Waals surface area contributed by atoms with E-state index in [0.29, 0.717) is 22.8 Å². The van der Waals surface area contributed by atoms with E-state index in [2.05, 4.69) is 21.8 Å². The predicted molar refractivity (Wildman–Crippen MR) is 126 cm³/mol. The van der Waals surface area contributed by atoms with Gasteiger partial charge in [0, 0.05) is 24.0 Å². The van der Waals surface area contributed by atoms with E-state index in [-0.39, 0.29) is 21.9 Å². The summed E-state index contributed by atoms with van der Waals surface area (Å²) in [6.07, 6.45) is -1.43.